The summed E-state index contributed by atoms with van der Waals surface area (Å²) in [7, 11) is -0.224. The van der Waals surface area contributed by atoms with Crippen LogP contribution in [0.5, 0.6) is 0 Å². The first-order chi connectivity index (χ1) is 11.6. The van der Waals surface area contributed by atoms with Crippen LogP contribution in [0.4, 0.5) is 0 Å². The van der Waals surface area contributed by atoms with E-state index in [0.717, 1.165) is 21.5 Å². The van der Waals surface area contributed by atoms with Gasteiger partial charge in [-0.05, 0) is 50.6 Å². The highest BCUT2D eigenvalue weighted by Gasteiger charge is 2.38. The van der Waals surface area contributed by atoms with Crippen molar-refractivity contribution in [3.63, 3.8) is 0 Å². The lowest BCUT2D eigenvalue weighted by atomic mass is 9.93. The molecule has 0 spiro atoms. The Morgan fingerprint density at radius 3 is 2.42 bits per heavy atom. The summed E-state index contributed by atoms with van der Waals surface area (Å²) in [5.41, 5.74) is 8.77. The molecule has 1 aliphatic carbocycles. The quantitative estimate of drug-likeness (QED) is 0.421. The van der Waals surface area contributed by atoms with Crippen LogP contribution in [-0.2, 0) is 6.42 Å². The van der Waals surface area contributed by atoms with Gasteiger partial charge >= 0.3 is 0 Å². The highest BCUT2D eigenvalue weighted by molar-refractivity contribution is 6.80. The molecule has 118 valence electrons. The van der Waals surface area contributed by atoms with Gasteiger partial charge in [0.25, 0.3) is 0 Å². The smallest absolute Gasteiger partial charge is 0.0691 e. The first-order valence-corrected chi connectivity index (χ1v) is 13.7. The zero-order valence-corrected chi connectivity index (χ0v) is 16.6. The summed E-state index contributed by atoms with van der Waals surface area (Å²) in [6, 6.07) is 19.7. The van der Waals surface area contributed by atoms with E-state index in [4.69, 9.17) is 0 Å². The molecule has 24 heavy (non-hydrogen) atoms. The van der Waals surface area contributed by atoms with E-state index in [0.29, 0.717) is 0 Å². The van der Waals surface area contributed by atoms with E-state index in [-0.39, 0.29) is 0 Å². The maximum atomic E-state index is 2.55. The van der Waals surface area contributed by atoms with Gasteiger partial charge in [-0.1, -0.05) is 79.4 Å². The first kappa shape index (κ1) is 14.7. The Kier molecular flexibility index (Phi) is 3.02. The maximum Gasteiger partial charge on any atom is 0.0824 e. The summed E-state index contributed by atoms with van der Waals surface area (Å²) in [4.78, 5) is 0. The summed E-state index contributed by atoms with van der Waals surface area (Å²) >= 11 is 0. The molecular weight excluding hydrogens is 320 g/mol. The second-order valence-electron chi connectivity index (χ2n) is 8.32. The number of benzene rings is 3. The minimum atomic E-state index is -1.21. The van der Waals surface area contributed by atoms with Crippen molar-refractivity contribution in [3.05, 3.63) is 65.2 Å². The van der Waals surface area contributed by atoms with Crippen LogP contribution in [-0.4, -0.2) is 17.6 Å². The van der Waals surface area contributed by atoms with Crippen LogP contribution < -0.4 is 5.19 Å². The SMILES string of the molecule is C[Si](C)(C)C1C[Si]c2c3c(c4ccccc4c21)Cc1ccccc1-3. The molecule has 0 saturated carbocycles. The predicted molar refractivity (Wildman–Crippen MR) is 108 cm³/mol. The predicted octanol–water partition coefficient (Wildman–Crippen LogP) is 5.13. The van der Waals surface area contributed by atoms with Gasteiger partial charge in [0.2, 0.25) is 0 Å². The van der Waals surface area contributed by atoms with Crippen LogP contribution in [0.3, 0.4) is 0 Å². The number of hydrogen-bond donors (Lipinski definition) is 0. The molecule has 1 atom stereocenters. The first-order valence-electron chi connectivity index (χ1n) is 8.95. The maximum absolute atomic E-state index is 2.55. The average Bonchev–Trinajstić information content (AvgIpc) is 3.16. The Morgan fingerprint density at radius 2 is 1.62 bits per heavy atom. The van der Waals surface area contributed by atoms with Crippen molar-refractivity contribution in [3.8, 4) is 11.1 Å². The van der Waals surface area contributed by atoms with Gasteiger partial charge in [0.05, 0.1) is 17.6 Å². The Labute approximate surface area is 147 Å². The minimum absolute atomic E-state index is 0.814. The van der Waals surface area contributed by atoms with Crippen molar-refractivity contribution in [2.45, 2.75) is 37.6 Å². The van der Waals surface area contributed by atoms with E-state index in [9.17, 15) is 0 Å². The van der Waals surface area contributed by atoms with Crippen molar-refractivity contribution in [1.29, 1.82) is 0 Å². The molecule has 1 aliphatic heterocycles. The monoisotopic (exact) mass is 342 g/mol. The number of fused-ring (bicyclic) bond motifs is 8. The van der Waals surface area contributed by atoms with E-state index in [1.165, 1.54) is 22.6 Å². The largest absolute Gasteiger partial charge is 0.0824 e. The molecular formula is C22H22Si2. The van der Waals surface area contributed by atoms with Gasteiger partial charge in [-0.3, -0.25) is 0 Å². The Balaban J connectivity index is 1.92. The van der Waals surface area contributed by atoms with Crippen LogP contribution in [0, 0.1) is 0 Å². The second-order valence-corrected chi connectivity index (χ2v) is 15.0. The van der Waals surface area contributed by atoms with E-state index in [1.54, 1.807) is 27.3 Å². The molecule has 3 aromatic rings. The molecule has 0 bridgehead atoms. The fourth-order valence-corrected chi connectivity index (χ4v) is 10.4. The van der Waals surface area contributed by atoms with Crippen molar-refractivity contribution in [2.24, 2.45) is 0 Å². The van der Waals surface area contributed by atoms with Crippen molar-refractivity contribution >= 4 is 33.6 Å². The van der Waals surface area contributed by atoms with E-state index < -0.39 is 8.07 Å². The number of hydrogen-bond acceptors (Lipinski definition) is 0. The fourth-order valence-electron chi connectivity index (χ4n) is 4.72. The third-order valence-electron chi connectivity index (χ3n) is 5.89. The van der Waals surface area contributed by atoms with Crippen LogP contribution in [0.1, 0.15) is 22.2 Å². The highest BCUT2D eigenvalue weighted by atomic mass is 28.3. The van der Waals surface area contributed by atoms with Crippen LogP contribution in [0.2, 0.25) is 25.7 Å². The molecule has 0 N–H and O–H groups in total. The molecule has 2 radical (unpaired) electrons. The van der Waals surface area contributed by atoms with Crippen molar-refractivity contribution in [1.82, 2.24) is 0 Å². The molecule has 3 aromatic carbocycles. The standard InChI is InChI=1S/C22H22Si2/c1-24(2,3)19-13-23-22-20-15-9-5-4-8-14(15)12-18(20)16-10-6-7-11-17(16)21(19)22/h4-11,19H,12-13H2,1-3H3. The van der Waals surface area contributed by atoms with Gasteiger partial charge in [0.15, 0.2) is 0 Å². The van der Waals surface area contributed by atoms with Crippen LogP contribution in [0.15, 0.2) is 48.5 Å². The molecule has 2 heteroatoms. The zero-order valence-electron chi connectivity index (χ0n) is 14.6. The van der Waals surface area contributed by atoms with E-state index in [2.05, 4.69) is 68.2 Å². The van der Waals surface area contributed by atoms with E-state index in [1.807, 2.05) is 0 Å². The van der Waals surface area contributed by atoms with Crippen molar-refractivity contribution < 1.29 is 0 Å². The lowest BCUT2D eigenvalue weighted by Gasteiger charge is -2.28. The molecule has 1 unspecified atom stereocenters. The number of rotatable bonds is 1. The van der Waals surface area contributed by atoms with Gasteiger partial charge in [-0.15, -0.1) is 0 Å². The lowest BCUT2D eigenvalue weighted by Crippen LogP contribution is -2.30. The topological polar surface area (TPSA) is 0 Å². The summed E-state index contributed by atoms with van der Waals surface area (Å²) in [5.74, 6) is 0. The summed E-state index contributed by atoms with van der Waals surface area (Å²) in [6.07, 6.45) is 1.11. The van der Waals surface area contributed by atoms with E-state index >= 15 is 0 Å². The highest BCUT2D eigenvalue weighted by Crippen LogP contribution is 2.46. The normalized spacial score (nSPS) is 18.5. The molecule has 5 rings (SSSR count). The van der Waals surface area contributed by atoms with Crippen molar-refractivity contribution in [2.75, 3.05) is 0 Å². The van der Waals surface area contributed by atoms with Gasteiger partial charge < -0.3 is 0 Å². The minimum Gasteiger partial charge on any atom is -0.0691 e. The van der Waals surface area contributed by atoms with Gasteiger partial charge in [0.1, 0.15) is 0 Å². The van der Waals surface area contributed by atoms with Gasteiger partial charge in [-0.2, -0.15) is 0 Å². The lowest BCUT2D eigenvalue weighted by molar-refractivity contribution is 1.05. The fraction of sp³-hybridized carbons (Fsp3) is 0.273. The molecule has 1 heterocycles. The summed E-state index contributed by atoms with van der Waals surface area (Å²) in [6.45, 7) is 7.65. The Bertz CT molecular complexity index is 979. The van der Waals surface area contributed by atoms with Crippen LogP contribution >= 0.6 is 0 Å². The summed E-state index contributed by atoms with van der Waals surface area (Å²) in [5, 5.41) is 4.77. The Hall–Kier alpha value is -1.65. The molecule has 0 fully saturated rings. The zero-order chi connectivity index (χ0) is 16.5. The van der Waals surface area contributed by atoms with Crippen LogP contribution in [0.25, 0.3) is 21.9 Å². The summed E-state index contributed by atoms with van der Waals surface area (Å²) < 4.78 is 0. The third-order valence-corrected chi connectivity index (χ3v) is 10.4. The Morgan fingerprint density at radius 1 is 0.917 bits per heavy atom. The second kappa shape index (κ2) is 4.93. The third kappa shape index (κ3) is 1.90. The molecule has 0 nitrogen and oxygen atoms in total. The molecule has 2 aliphatic rings. The van der Waals surface area contributed by atoms with Gasteiger partial charge in [0, 0.05) is 0 Å². The average molecular weight is 343 g/mol. The van der Waals surface area contributed by atoms with Gasteiger partial charge in [-0.25, -0.2) is 0 Å². The molecule has 0 amide bonds. The molecule has 0 saturated heterocycles. The molecule has 0 aromatic heterocycles.